The number of nitrogens with zero attached hydrogens (tertiary/aromatic N) is 3. The van der Waals surface area contributed by atoms with Crippen LogP contribution < -0.4 is 10.6 Å². The minimum absolute atomic E-state index is 0.0800. The van der Waals surface area contributed by atoms with Crippen LogP contribution in [0.15, 0.2) is 34.2 Å². The van der Waals surface area contributed by atoms with Crippen molar-refractivity contribution in [1.82, 2.24) is 19.8 Å². The maximum Gasteiger partial charge on any atom is 0.242 e. The molecule has 0 spiro atoms. The molecular weight excluding hydrogens is 366 g/mol. The van der Waals surface area contributed by atoms with Crippen molar-refractivity contribution in [3.05, 3.63) is 29.8 Å². The van der Waals surface area contributed by atoms with Gasteiger partial charge in [0.2, 0.25) is 15.9 Å². The lowest BCUT2D eigenvalue weighted by Gasteiger charge is -2.17. The molecule has 1 aromatic rings. The topological polar surface area (TPSA) is 94.1 Å². The van der Waals surface area contributed by atoms with Gasteiger partial charge in [-0.2, -0.15) is 0 Å². The molecule has 0 saturated carbocycles. The quantitative estimate of drug-likeness (QED) is 0.521. The number of aliphatic imine (C=N–C) groups is 1. The number of benzene rings is 1. The molecule has 1 saturated heterocycles. The van der Waals surface area contributed by atoms with Crippen molar-refractivity contribution in [3.8, 4) is 0 Å². The lowest BCUT2D eigenvalue weighted by atomic mass is 10.2. The predicted molar refractivity (Wildman–Crippen MR) is 106 cm³/mol. The molecule has 1 aromatic carbocycles. The molecule has 2 rings (SSSR count). The van der Waals surface area contributed by atoms with Gasteiger partial charge in [0.1, 0.15) is 0 Å². The van der Waals surface area contributed by atoms with Crippen molar-refractivity contribution in [1.29, 1.82) is 0 Å². The SMILES string of the molecule is CCNC(=NCc1ccc(S(=O)(=O)N(C)C)cc1)NCC(=O)N1CCCC1. The van der Waals surface area contributed by atoms with Crippen LogP contribution in [0.3, 0.4) is 0 Å². The van der Waals surface area contributed by atoms with Gasteiger partial charge in [0, 0.05) is 33.7 Å². The third-order valence-corrected chi connectivity index (χ3v) is 6.16. The van der Waals surface area contributed by atoms with E-state index in [1.54, 1.807) is 24.3 Å². The van der Waals surface area contributed by atoms with Gasteiger partial charge in [-0.05, 0) is 37.5 Å². The fourth-order valence-corrected chi connectivity index (χ4v) is 3.63. The summed E-state index contributed by atoms with van der Waals surface area (Å²) < 4.78 is 25.4. The molecule has 27 heavy (non-hydrogen) atoms. The molecule has 0 atom stereocenters. The molecule has 0 unspecified atom stereocenters. The Hall–Kier alpha value is -2.13. The van der Waals surface area contributed by atoms with E-state index >= 15 is 0 Å². The highest BCUT2D eigenvalue weighted by atomic mass is 32.2. The van der Waals surface area contributed by atoms with Gasteiger partial charge in [-0.1, -0.05) is 12.1 Å². The molecular formula is C18H29N5O3S. The van der Waals surface area contributed by atoms with Gasteiger partial charge in [-0.3, -0.25) is 4.79 Å². The molecule has 0 aromatic heterocycles. The van der Waals surface area contributed by atoms with E-state index in [9.17, 15) is 13.2 Å². The molecule has 0 radical (unpaired) electrons. The lowest BCUT2D eigenvalue weighted by molar-refractivity contribution is -0.128. The van der Waals surface area contributed by atoms with E-state index < -0.39 is 10.0 Å². The normalized spacial score (nSPS) is 15.3. The monoisotopic (exact) mass is 395 g/mol. The Morgan fingerprint density at radius 2 is 1.78 bits per heavy atom. The van der Waals surface area contributed by atoms with Gasteiger partial charge >= 0.3 is 0 Å². The van der Waals surface area contributed by atoms with Gasteiger partial charge in [-0.25, -0.2) is 17.7 Å². The molecule has 1 amide bonds. The van der Waals surface area contributed by atoms with Crippen LogP contribution in [-0.2, 0) is 21.4 Å². The second-order valence-corrected chi connectivity index (χ2v) is 8.72. The van der Waals surface area contributed by atoms with Gasteiger partial charge < -0.3 is 15.5 Å². The summed E-state index contributed by atoms with van der Waals surface area (Å²) in [6, 6.07) is 6.66. The number of rotatable bonds is 7. The Balaban J connectivity index is 1.96. The number of hydrogen-bond donors (Lipinski definition) is 2. The largest absolute Gasteiger partial charge is 0.357 e. The summed E-state index contributed by atoms with van der Waals surface area (Å²) >= 11 is 0. The molecule has 1 aliphatic rings. The van der Waals surface area contributed by atoms with Crippen molar-refractivity contribution in [2.24, 2.45) is 4.99 Å². The summed E-state index contributed by atoms with van der Waals surface area (Å²) in [5.74, 6) is 0.645. The summed E-state index contributed by atoms with van der Waals surface area (Å²) in [5, 5.41) is 6.18. The molecule has 0 bridgehead atoms. The van der Waals surface area contributed by atoms with Crippen molar-refractivity contribution in [2.45, 2.75) is 31.2 Å². The number of nitrogens with one attached hydrogen (secondary N) is 2. The zero-order valence-electron chi connectivity index (χ0n) is 16.2. The molecule has 1 heterocycles. The summed E-state index contributed by atoms with van der Waals surface area (Å²) in [5.41, 5.74) is 0.885. The zero-order chi connectivity index (χ0) is 19.9. The number of hydrogen-bond acceptors (Lipinski definition) is 4. The first kappa shape index (κ1) is 21.2. The molecule has 2 N–H and O–H groups in total. The van der Waals surface area contributed by atoms with Crippen LogP contribution in [0.1, 0.15) is 25.3 Å². The van der Waals surface area contributed by atoms with E-state index in [4.69, 9.17) is 0 Å². The van der Waals surface area contributed by atoms with E-state index in [1.807, 2.05) is 11.8 Å². The second kappa shape index (κ2) is 9.70. The van der Waals surface area contributed by atoms with Gasteiger partial charge in [-0.15, -0.1) is 0 Å². The van der Waals surface area contributed by atoms with Crippen LogP contribution in [0.2, 0.25) is 0 Å². The average Bonchev–Trinajstić information content (AvgIpc) is 3.19. The van der Waals surface area contributed by atoms with Crippen LogP contribution in [-0.4, -0.2) is 69.8 Å². The summed E-state index contributed by atoms with van der Waals surface area (Å²) in [7, 11) is -0.419. The number of sulfonamides is 1. The minimum atomic E-state index is -3.43. The van der Waals surface area contributed by atoms with Crippen molar-refractivity contribution in [3.63, 3.8) is 0 Å². The maximum absolute atomic E-state index is 12.1. The summed E-state index contributed by atoms with van der Waals surface area (Å²) in [6.45, 7) is 4.90. The van der Waals surface area contributed by atoms with Gasteiger partial charge in [0.25, 0.3) is 0 Å². The first-order chi connectivity index (χ1) is 12.8. The average molecular weight is 396 g/mol. The highest BCUT2D eigenvalue weighted by molar-refractivity contribution is 7.89. The van der Waals surface area contributed by atoms with Crippen LogP contribution in [0.5, 0.6) is 0 Å². The number of amides is 1. The molecule has 0 aliphatic carbocycles. The Bertz CT molecular complexity index is 754. The first-order valence-corrected chi connectivity index (χ1v) is 10.6. The van der Waals surface area contributed by atoms with Gasteiger partial charge in [0.15, 0.2) is 5.96 Å². The highest BCUT2D eigenvalue weighted by Gasteiger charge is 2.18. The smallest absolute Gasteiger partial charge is 0.242 e. The Morgan fingerprint density at radius 1 is 1.15 bits per heavy atom. The number of likely N-dealkylation sites (tertiary alicyclic amines) is 1. The second-order valence-electron chi connectivity index (χ2n) is 6.57. The van der Waals surface area contributed by atoms with E-state index in [0.717, 1.165) is 31.5 Å². The van der Waals surface area contributed by atoms with E-state index in [-0.39, 0.29) is 17.3 Å². The molecule has 9 heteroatoms. The Labute approximate surface area is 161 Å². The molecule has 1 fully saturated rings. The number of carbonyl (C=O) groups is 1. The third-order valence-electron chi connectivity index (χ3n) is 4.33. The number of carbonyl (C=O) groups excluding carboxylic acids is 1. The van der Waals surface area contributed by atoms with Crippen LogP contribution in [0, 0.1) is 0 Å². The van der Waals surface area contributed by atoms with E-state index in [1.165, 1.54) is 18.4 Å². The van der Waals surface area contributed by atoms with Crippen LogP contribution in [0.25, 0.3) is 0 Å². The fraction of sp³-hybridized carbons (Fsp3) is 0.556. The van der Waals surface area contributed by atoms with Gasteiger partial charge in [0.05, 0.1) is 18.0 Å². The first-order valence-electron chi connectivity index (χ1n) is 9.16. The standard InChI is InChI=1S/C18H29N5O3S/c1-4-19-18(21-14-17(24)23-11-5-6-12-23)20-13-15-7-9-16(10-8-15)27(25,26)22(2)3/h7-10H,4-6,11-14H2,1-3H3,(H2,19,20,21). The summed E-state index contributed by atoms with van der Waals surface area (Å²) in [6.07, 6.45) is 2.14. The predicted octanol–water partition coefficient (Wildman–Crippen LogP) is 0.614. The van der Waals surface area contributed by atoms with Crippen molar-refractivity contribution < 1.29 is 13.2 Å². The Morgan fingerprint density at radius 3 is 2.33 bits per heavy atom. The van der Waals surface area contributed by atoms with E-state index in [0.29, 0.717) is 19.0 Å². The van der Waals surface area contributed by atoms with Crippen LogP contribution >= 0.6 is 0 Å². The maximum atomic E-state index is 12.1. The van der Waals surface area contributed by atoms with Crippen molar-refractivity contribution >= 4 is 21.9 Å². The highest BCUT2D eigenvalue weighted by Crippen LogP contribution is 2.14. The molecule has 8 nitrogen and oxygen atoms in total. The molecule has 150 valence electrons. The minimum Gasteiger partial charge on any atom is -0.357 e. The van der Waals surface area contributed by atoms with E-state index in [2.05, 4.69) is 15.6 Å². The van der Waals surface area contributed by atoms with Crippen LogP contribution in [0.4, 0.5) is 0 Å². The summed E-state index contributed by atoms with van der Waals surface area (Å²) in [4.78, 5) is 18.7. The number of guanidine groups is 1. The molecule has 1 aliphatic heterocycles. The zero-order valence-corrected chi connectivity index (χ0v) is 17.1. The van der Waals surface area contributed by atoms with Crippen molar-refractivity contribution in [2.75, 3.05) is 40.3 Å². The third kappa shape index (κ3) is 5.93. The Kier molecular flexibility index (Phi) is 7.61. The fourth-order valence-electron chi connectivity index (χ4n) is 2.73. The lowest BCUT2D eigenvalue weighted by Crippen LogP contribution is -2.44.